The molecule has 0 atom stereocenters. The van der Waals surface area contributed by atoms with Gasteiger partial charge in [-0.05, 0) is 71.9 Å². The Bertz CT molecular complexity index is 1070. The predicted molar refractivity (Wildman–Crippen MR) is 183 cm³/mol. The Labute approximate surface area is 295 Å². The molecular formula is C36H48BiCl3O3. The largest absolute Gasteiger partial charge is 3.00 e. The summed E-state index contributed by atoms with van der Waals surface area (Å²) in [6.45, 7) is 24.1. The van der Waals surface area contributed by atoms with Gasteiger partial charge in [-0.25, -0.2) is 0 Å². The first-order valence-electron chi connectivity index (χ1n) is 14.8. The normalized spacial score (nSPS) is 11.1. The van der Waals surface area contributed by atoms with E-state index in [-0.39, 0.29) is 79.0 Å². The van der Waals surface area contributed by atoms with Gasteiger partial charge in [0.05, 0.1) is 0 Å². The summed E-state index contributed by atoms with van der Waals surface area (Å²) in [5, 5.41) is 37.8. The first kappa shape index (κ1) is 41.8. The molecule has 0 aliphatic carbocycles. The van der Waals surface area contributed by atoms with E-state index in [2.05, 4.69) is 0 Å². The monoisotopic (exact) mass is 842 g/mol. The Hall–Kier alpha value is -1.19. The number of halogens is 3. The SMILES string of the molecule is CC(C)c1cc(Cl)cc(C(C)C)c1[O-].CC(C)c1cc(Cl)cc(C(C)C)c1[O-].CC(C)c1cc(Cl)cc(C(C)C)c1[O-].[Bi+3]. The Morgan fingerprint density at radius 1 is 0.349 bits per heavy atom. The van der Waals surface area contributed by atoms with Crippen molar-refractivity contribution < 1.29 is 15.3 Å². The summed E-state index contributed by atoms with van der Waals surface area (Å²) in [6, 6.07) is 10.7. The van der Waals surface area contributed by atoms with E-state index in [0.717, 1.165) is 33.4 Å². The fraction of sp³-hybridized carbons (Fsp3) is 0.500. The molecule has 0 saturated heterocycles. The Kier molecular flexibility index (Phi) is 18.2. The third-order valence-electron chi connectivity index (χ3n) is 7.07. The molecule has 0 aliphatic rings. The van der Waals surface area contributed by atoms with E-state index in [1.807, 2.05) is 83.1 Å². The van der Waals surface area contributed by atoms with E-state index in [4.69, 9.17) is 34.8 Å². The van der Waals surface area contributed by atoms with E-state index in [9.17, 15) is 15.3 Å². The predicted octanol–water partition coefficient (Wildman–Crippen LogP) is 10.6. The maximum atomic E-state index is 11.9. The van der Waals surface area contributed by atoms with Gasteiger partial charge in [0.25, 0.3) is 0 Å². The summed E-state index contributed by atoms with van der Waals surface area (Å²) in [4.78, 5) is 0. The first-order chi connectivity index (χ1) is 19.3. The van der Waals surface area contributed by atoms with Crippen molar-refractivity contribution in [3.05, 3.63) is 84.8 Å². The minimum atomic E-state index is 0. The molecule has 3 aromatic rings. The third kappa shape index (κ3) is 12.3. The molecule has 0 aromatic heterocycles. The molecule has 236 valence electrons. The molecule has 0 fully saturated rings. The third-order valence-corrected chi connectivity index (χ3v) is 7.72. The second-order valence-electron chi connectivity index (χ2n) is 12.7. The number of benzene rings is 3. The summed E-state index contributed by atoms with van der Waals surface area (Å²) >= 11 is 17.9. The van der Waals surface area contributed by atoms with Crippen molar-refractivity contribution in [1.82, 2.24) is 0 Å². The molecule has 0 bridgehead atoms. The van der Waals surface area contributed by atoms with Gasteiger partial charge in [0.2, 0.25) is 0 Å². The number of rotatable bonds is 6. The van der Waals surface area contributed by atoms with Crippen molar-refractivity contribution in [2.24, 2.45) is 0 Å². The van der Waals surface area contributed by atoms with Crippen molar-refractivity contribution in [3.63, 3.8) is 0 Å². The van der Waals surface area contributed by atoms with Crippen LogP contribution in [0.15, 0.2) is 36.4 Å². The molecule has 0 spiro atoms. The Balaban J connectivity index is 0.000000608. The van der Waals surface area contributed by atoms with Crippen molar-refractivity contribution in [1.29, 1.82) is 0 Å². The van der Waals surface area contributed by atoms with Gasteiger partial charge in [0.15, 0.2) is 0 Å². The van der Waals surface area contributed by atoms with Crippen LogP contribution in [0.5, 0.6) is 17.2 Å². The number of hydrogen-bond acceptors (Lipinski definition) is 3. The summed E-state index contributed by atoms with van der Waals surface area (Å²) in [7, 11) is 0. The van der Waals surface area contributed by atoms with Gasteiger partial charge in [0, 0.05) is 15.1 Å². The maximum absolute atomic E-state index is 11.9. The standard InChI is InChI=1S/3C12H17ClO.Bi/c3*1-7(2)10-5-9(13)6-11(8(3)4)12(10)14;/h3*5-8,14H,1-4H3;/q;;;+3/p-3. The second-order valence-corrected chi connectivity index (χ2v) is 14.0. The van der Waals surface area contributed by atoms with Crippen LogP contribution in [0.2, 0.25) is 15.1 Å². The summed E-state index contributed by atoms with van der Waals surface area (Å²) in [5.41, 5.74) is 4.92. The van der Waals surface area contributed by atoms with E-state index in [0.29, 0.717) is 15.1 Å². The van der Waals surface area contributed by atoms with Gasteiger partial charge in [-0.1, -0.05) is 151 Å². The molecular weight excluding hydrogens is 796 g/mol. The number of hydrogen-bond donors (Lipinski definition) is 0. The van der Waals surface area contributed by atoms with Crippen LogP contribution >= 0.6 is 34.8 Å². The summed E-state index contributed by atoms with van der Waals surface area (Å²) in [5.74, 6) is 1.87. The Morgan fingerprint density at radius 2 is 0.465 bits per heavy atom. The van der Waals surface area contributed by atoms with Crippen LogP contribution in [0.4, 0.5) is 0 Å². The average molecular weight is 844 g/mol. The molecule has 0 heterocycles. The van der Waals surface area contributed by atoms with Gasteiger partial charge < -0.3 is 15.3 Å². The van der Waals surface area contributed by atoms with Crippen LogP contribution in [0.25, 0.3) is 0 Å². The zero-order chi connectivity index (χ0) is 32.6. The van der Waals surface area contributed by atoms with Crippen molar-refractivity contribution in [2.45, 2.75) is 119 Å². The fourth-order valence-electron chi connectivity index (χ4n) is 4.48. The quantitative estimate of drug-likeness (QED) is 0.232. The van der Waals surface area contributed by atoms with Crippen LogP contribution in [0, 0.1) is 0 Å². The Morgan fingerprint density at radius 3 is 0.558 bits per heavy atom. The van der Waals surface area contributed by atoms with Crippen LogP contribution < -0.4 is 15.3 Å². The van der Waals surface area contributed by atoms with Gasteiger partial charge >= 0.3 is 26.2 Å². The van der Waals surface area contributed by atoms with E-state index in [1.165, 1.54) is 0 Å². The summed E-state index contributed by atoms with van der Waals surface area (Å²) in [6.07, 6.45) is 0. The van der Waals surface area contributed by atoms with Gasteiger partial charge in [-0.3, -0.25) is 0 Å². The smallest absolute Gasteiger partial charge is 0.872 e. The average Bonchev–Trinajstić information content (AvgIpc) is 2.87. The second kappa shape index (κ2) is 18.7. The first-order valence-corrected chi connectivity index (χ1v) is 15.9. The van der Waals surface area contributed by atoms with Gasteiger partial charge in [0.1, 0.15) is 0 Å². The molecule has 43 heavy (non-hydrogen) atoms. The van der Waals surface area contributed by atoms with Gasteiger partial charge in [-0.15, -0.1) is 17.2 Å². The summed E-state index contributed by atoms with van der Waals surface area (Å²) < 4.78 is 0. The van der Waals surface area contributed by atoms with Crippen LogP contribution in [-0.4, -0.2) is 26.2 Å². The molecule has 0 amide bonds. The minimum Gasteiger partial charge on any atom is -0.872 e. The molecule has 2 radical (unpaired) electrons. The molecule has 3 rings (SSSR count). The molecule has 0 aliphatic heterocycles. The maximum Gasteiger partial charge on any atom is 3.00 e. The van der Waals surface area contributed by atoms with Gasteiger partial charge in [-0.2, -0.15) is 0 Å². The zero-order valence-corrected chi connectivity index (χ0v) is 33.5. The minimum absolute atomic E-state index is 0. The van der Waals surface area contributed by atoms with E-state index in [1.54, 1.807) is 36.4 Å². The fourth-order valence-corrected chi connectivity index (χ4v) is 5.19. The molecule has 7 heteroatoms. The molecule has 3 aromatic carbocycles. The molecule has 0 N–H and O–H groups in total. The molecule has 0 saturated carbocycles. The van der Waals surface area contributed by atoms with Crippen LogP contribution in [-0.2, 0) is 0 Å². The van der Waals surface area contributed by atoms with Crippen molar-refractivity contribution in [3.8, 4) is 17.2 Å². The zero-order valence-electron chi connectivity index (χ0n) is 27.7. The molecule has 3 nitrogen and oxygen atoms in total. The van der Waals surface area contributed by atoms with Crippen molar-refractivity contribution >= 4 is 61.0 Å². The van der Waals surface area contributed by atoms with E-state index >= 15 is 0 Å². The van der Waals surface area contributed by atoms with Crippen LogP contribution in [0.1, 0.15) is 152 Å². The van der Waals surface area contributed by atoms with Crippen LogP contribution in [0.3, 0.4) is 0 Å². The topological polar surface area (TPSA) is 69.2 Å². The molecule has 0 unspecified atom stereocenters. The van der Waals surface area contributed by atoms with E-state index < -0.39 is 0 Å². The van der Waals surface area contributed by atoms with Crippen molar-refractivity contribution in [2.75, 3.05) is 0 Å².